The maximum absolute atomic E-state index is 6.13. The van der Waals surface area contributed by atoms with Gasteiger partial charge in [-0.25, -0.2) is 0 Å². The van der Waals surface area contributed by atoms with Crippen molar-refractivity contribution in [3.05, 3.63) is 22.4 Å². The Balaban J connectivity index is 1.51. The largest absolute Gasteiger partial charge is 0.372 e. The highest BCUT2D eigenvalue weighted by Gasteiger charge is 2.33. The van der Waals surface area contributed by atoms with E-state index in [9.17, 15) is 0 Å². The molecule has 0 spiro atoms. The van der Waals surface area contributed by atoms with Crippen LogP contribution in [0.1, 0.15) is 30.6 Å². The minimum Gasteiger partial charge on any atom is -0.372 e. The highest BCUT2D eigenvalue weighted by atomic mass is 32.1. The van der Waals surface area contributed by atoms with E-state index in [2.05, 4.69) is 27.7 Å². The number of hydrogen-bond donors (Lipinski definition) is 1. The zero-order valence-corrected chi connectivity index (χ0v) is 12.5. The van der Waals surface area contributed by atoms with Crippen LogP contribution in [0.4, 0.5) is 0 Å². The van der Waals surface area contributed by atoms with Gasteiger partial charge >= 0.3 is 0 Å². The van der Waals surface area contributed by atoms with Gasteiger partial charge in [0, 0.05) is 30.6 Å². The van der Waals surface area contributed by atoms with Gasteiger partial charge in [-0.1, -0.05) is 6.07 Å². The van der Waals surface area contributed by atoms with E-state index in [4.69, 9.17) is 4.74 Å². The Morgan fingerprint density at radius 1 is 1.32 bits per heavy atom. The van der Waals surface area contributed by atoms with Crippen molar-refractivity contribution in [2.24, 2.45) is 0 Å². The molecule has 1 N–H and O–H groups in total. The first-order valence-electron chi connectivity index (χ1n) is 7.41. The standard InChI is InChI=1S/C15H24N2OS/c1-16-9-13-6-7-14(18-13)10-17(12-4-5-12)11-15-3-2-8-19-15/h2-3,8,12-14,16H,4-7,9-11H2,1H3. The lowest BCUT2D eigenvalue weighted by Crippen LogP contribution is -2.34. The Kier molecular flexibility index (Phi) is 4.53. The molecule has 2 atom stereocenters. The summed E-state index contributed by atoms with van der Waals surface area (Å²) in [6, 6.07) is 5.22. The third-order valence-electron chi connectivity index (χ3n) is 4.07. The van der Waals surface area contributed by atoms with E-state index >= 15 is 0 Å². The van der Waals surface area contributed by atoms with Crippen molar-refractivity contribution >= 4 is 11.3 Å². The fraction of sp³-hybridized carbons (Fsp3) is 0.733. The predicted molar refractivity (Wildman–Crippen MR) is 79.6 cm³/mol. The molecule has 0 amide bonds. The second kappa shape index (κ2) is 6.35. The van der Waals surface area contributed by atoms with Crippen LogP contribution >= 0.6 is 11.3 Å². The van der Waals surface area contributed by atoms with Crippen molar-refractivity contribution < 1.29 is 4.74 Å². The first-order valence-corrected chi connectivity index (χ1v) is 8.29. The number of nitrogens with one attached hydrogen (secondary N) is 1. The van der Waals surface area contributed by atoms with Crippen LogP contribution in [0.15, 0.2) is 17.5 Å². The molecule has 3 nitrogen and oxygen atoms in total. The maximum Gasteiger partial charge on any atom is 0.0707 e. The van der Waals surface area contributed by atoms with Crippen LogP contribution in [-0.4, -0.2) is 43.3 Å². The van der Waals surface area contributed by atoms with Crippen molar-refractivity contribution in [2.45, 2.75) is 50.5 Å². The summed E-state index contributed by atoms with van der Waals surface area (Å²) in [5.41, 5.74) is 0. The molecule has 0 radical (unpaired) electrons. The molecule has 4 heteroatoms. The minimum atomic E-state index is 0.429. The Hall–Kier alpha value is -0.420. The molecule has 2 fully saturated rings. The highest BCUT2D eigenvalue weighted by molar-refractivity contribution is 7.09. The Morgan fingerprint density at radius 2 is 2.16 bits per heavy atom. The van der Waals surface area contributed by atoms with Gasteiger partial charge in [-0.05, 0) is 44.2 Å². The van der Waals surface area contributed by atoms with Gasteiger partial charge in [0.25, 0.3) is 0 Å². The van der Waals surface area contributed by atoms with Crippen LogP contribution in [0.5, 0.6) is 0 Å². The summed E-state index contributed by atoms with van der Waals surface area (Å²) in [5.74, 6) is 0. The van der Waals surface area contributed by atoms with Crippen LogP contribution in [0.2, 0.25) is 0 Å². The summed E-state index contributed by atoms with van der Waals surface area (Å²) in [4.78, 5) is 4.12. The van der Waals surface area contributed by atoms with Crippen molar-refractivity contribution in [1.29, 1.82) is 0 Å². The molecule has 1 aliphatic heterocycles. The molecule has 2 heterocycles. The molecule has 2 aliphatic rings. The van der Waals surface area contributed by atoms with Crippen molar-refractivity contribution in [1.82, 2.24) is 10.2 Å². The fourth-order valence-corrected chi connectivity index (χ4v) is 3.67. The summed E-state index contributed by atoms with van der Waals surface area (Å²) in [6.45, 7) is 3.21. The molecule has 3 rings (SSSR count). The molecule has 0 bridgehead atoms. The Morgan fingerprint density at radius 3 is 2.84 bits per heavy atom. The van der Waals surface area contributed by atoms with Gasteiger partial charge in [0.2, 0.25) is 0 Å². The maximum atomic E-state index is 6.13. The molecule has 1 aromatic heterocycles. The van der Waals surface area contributed by atoms with Crippen LogP contribution in [0.3, 0.4) is 0 Å². The van der Waals surface area contributed by atoms with Gasteiger partial charge in [-0.2, -0.15) is 0 Å². The summed E-state index contributed by atoms with van der Waals surface area (Å²) >= 11 is 1.87. The molecule has 19 heavy (non-hydrogen) atoms. The number of thiophene rings is 1. The van der Waals surface area contributed by atoms with Crippen molar-refractivity contribution in [2.75, 3.05) is 20.1 Å². The molecular weight excluding hydrogens is 256 g/mol. The van der Waals surface area contributed by atoms with E-state index in [0.29, 0.717) is 12.2 Å². The topological polar surface area (TPSA) is 24.5 Å². The Labute approximate surface area is 119 Å². The number of ether oxygens (including phenoxy) is 1. The average Bonchev–Trinajstić information content (AvgIpc) is 2.95. The second-order valence-electron chi connectivity index (χ2n) is 5.76. The summed E-state index contributed by atoms with van der Waals surface area (Å²) in [6.07, 6.45) is 6.05. The number of rotatable bonds is 7. The lowest BCUT2D eigenvalue weighted by Gasteiger charge is -2.25. The van der Waals surface area contributed by atoms with Gasteiger partial charge < -0.3 is 10.1 Å². The molecule has 1 aliphatic carbocycles. The monoisotopic (exact) mass is 280 g/mol. The zero-order valence-electron chi connectivity index (χ0n) is 11.7. The van der Waals surface area contributed by atoms with E-state index in [1.807, 2.05) is 18.4 Å². The summed E-state index contributed by atoms with van der Waals surface area (Å²) in [5, 5.41) is 5.39. The second-order valence-corrected chi connectivity index (χ2v) is 6.79. The van der Waals surface area contributed by atoms with E-state index < -0.39 is 0 Å². The number of nitrogens with zero attached hydrogens (tertiary/aromatic N) is 1. The average molecular weight is 280 g/mol. The smallest absolute Gasteiger partial charge is 0.0707 e. The third kappa shape index (κ3) is 3.78. The molecule has 1 aromatic rings. The van der Waals surface area contributed by atoms with Gasteiger partial charge in [0.15, 0.2) is 0 Å². The third-order valence-corrected chi connectivity index (χ3v) is 4.93. The predicted octanol–water partition coefficient (Wildman–Crippen LogP) is 2.48. The first kappa shape index (κ1) is 13.6. The van der Waals surface area contributed by atoms with E-state index in [-0.39, 0.29) is 0 Å². The van der Waals surface area contributed by atoms with E-state index in [1.54, 1.807) is 0 Å². The molecule has 1 saturated heterocycles. The molecular formula is C15H24N2OS. The Bertz CT molecular complexity index is 378. The first-order chi connectivity index (χ1) is 9.35. The van der Waals surface area contributed by atoms with E-state index in [0.717, 1.165) is 25.7 Å². The number of hydrogen-bond acceptors (Lipinski definition) is 4. The quantitative estimate of drug-likeness (QED) is 0.830. The lowest BCUT2D eigenvalue weighted by molar-refractivity contribution is 0.0210. The van der Waals surface area contributed by atoms with Crippen LogP contribution < -0.4 is 5.32 Å². The molecule has 2 unspecified atom stereocenters. The molecule has 0 aromatic carbocycles. The van der Waals surface area contributed by atoms with Crippen molar-refractivity contribution in [3.63, 3.8) is 0 Å². The summed E-state index contributed by atoms with van der Waals surface area (Å²) < 4.78 is 6.13. The number of likely N-dealkylation sites (N-methyl/N-ethyl adjacent to an activating group) is 1. The molecule has 106 valence electrons. The fourth-order valence-electron chi connectivity index (χ4n) is 2.94. The lowest BCUT2D eigenvalue weighted by atomic mass is 10.2. The zero-order chi connectivity index (χ0) is 13.1. The van der Waals surface area contributed by atoms with Gasteiger partial charge in [0.05, 0.1) is 12.2 Å². The van der Waals surface area contributed by atoms with Gasteiger partial charge in [0.1, 0.15) is 0 Å². The van der Waals surface area contributed by atoms with E-state index in [1.165, 1.54) is 30.6 Å². The summed E-state index contributed by atoms with van der Waals surface area (Å²) in [7, 11) is 2.00. The normalized spacial score (nSPS) is 27.3. The SMILES string of the molecule is CNCC1CCC(CN(Cc2cccs2)C2CC2)O1. The van der Waals surface area contributed by atoms with Gasteiger partial charge in [-0.3, -0.25) is 4.90 Å². The van der Waals surface area contributed by atoms with Crippen LogP contribution in [-0.2, 0) is 11.3 Å². The highest BCUT2D eigenvalue weighted by Crippen LogP contribution is 2.31. The van der Waals surface area contributed by atoms with Crippen molar-refractivity contribution in [3.8, 4) is 0 Å². The minimum absolute atomic E-state index is 0.429. The van der Waals surface area contributed by atoms with Crippen LogP contribution in [0.25, 0.3) is 0 Å². The molecule has 1 saturated carbocycles. The van der Waals surface area contributed by atoms with Crippen LogP contribution in [0, 0.1) is 0 Å². The van der Waals surface area contributed by atoms with Gasteiger partial charge in [-0.15, -0.1) is 11.3 Å².